The van der Waals surface area contributed by atoms with Gasteiger partial charge in [0.25, 0.3) is 11.8 Å². The second-order valence-corrected chi connectivity index (χ2v) is 5.30. The molecule has 0 unspecified atom stereocenters. The highest BCUT2D eigenvalue weighted by Crippen LogP contribution is 2.05. The molecule has 7 heteroatoms. The summed E-state index contributed by atoms with van der Waals surface area (Å²) >= 11 is 0. The summed E-state index contributed by atoms with van der Waals surface area (Å²) in [4.78, 5) is 35.4. The van der Waals surface area contributed by atoms with E-state index in [2.05, 4.69) is 25.6 Å². The van der Waals surface area contributed by atoms with Crippen molar-refractivity contribution >= 4 is 11.8 Å². The molecule has 0 spiro atoms. The Kier molecular flexibility index (Phi) is 5.16. The molecule has 0 aliphatic carbocycles. The molecule has 0 atom stereocenters. The van der Waals surface area contributed by atoms with Gasteiger partial charge in [-0.15, -0.1) is 0 Å². The molecule has 2 amide bonds. The van der Waals surface area contributed by atoms with Crippen molar-refractivity contribution in [2.24, 2.45) is 0 Å². The predicted molar refractivity (Wildman–Crippen MR) is 91.6 cm³/mol. The van der Waals surface area contributed by atoms with E-state index in [4.69, 9.17) is 0 Å². The first-order valence-electron chi connectivity index (χ1n) is 7.77. The van der Waals surface area contributed by atoms with Gasteiger partial charge in [-0.05, 0) is 17.7 Å². The minimum Gasteiger partial charge on any atom is -0.347 e. The number of rotatable bonds is 6. The number of aromatic amines is 1. The van der Waals surface area contributed by atoms with Crippen molar-refractivity contribution in [2.45, 2.75) is 13.1 Å². The zero-order valence-corrected chi connectivity index (χ0v) is 13.4. The van der Waals surface area contributed by atoms with Crippen LogP contribution < -0.4 is 10.6 Å². The second kappa shape index (κ2) is 7.87. The number of carbonyl (C=O) groups excluding carboxylic acids is 2. The van der Waals surface area contributed by atoms with Crippen LogP contribution >= 0.6 is 0 Å². The molecule has 3 aromatic rings. The van der Waals surface area contributed by atoms with E-state index in [-0.39, 0.29) is 23.8 Å². The van der Waals surface area contributed by atoms with Crippen LogP contribution in [0.4, 0.5) is 0 Å². The summed E-state index contributed by atoms with van der Waals surface area (Å²) in [5, 5.41) is 5.47. The molecular formula is C18H17N5O2. The Labute approximate surface area is 144 Å². The summed E-state index contributed by atoms with van der Waals surface area (Å²) in [6.45, 7) is 0.630. The van der Waals surface area contributed by atoms with Crippen LogP contribution in [0.1, 0.15) is 32.2 Å². The molecule has 0 fully saturated rings. The Morgan fingerprint density at radius 3 is 2.40 bits per heavy atom. The lowest BCUT2D eigenvalue weighted by Gasteiger charge is -2.06. The normalized spacial score (nSPS) is 10.2. The third-order valence-corrected chi connectivity index (χ3v) is 3.53. The van der Waals surface area contributed by atoms with Gasteiger partial charge < -0.3 is 15.6 Å². The average molecular weight is 335 g/mol. The fraction of sp³-hybridized carbons (Fsp3) is 0.111. The average Bonchev–Trinajstić information content (AvgIpc) is 3.16. The van der Waals surface area contributed by atoms with Crippen molar-refractivity contribution in [1.29, 1.82) is 0 Å². The lowest BCUT2D eigenvalue weighted by molar-refractivity contribution is 0.0911. The number of imidazole rings is 1. The third-order valence-electron chi connectivity index (χ3n) is 3.53. The minimum atomic E-state index is -0.434. The van der Waals surface area contributed by atoms with Gasteiger partial charge in [0.15, 0.2) is 5.69 Å². The molecule has 0 saturated heterocycles. The Morgan fingerprint density at radius 2 is 1.64 bits per heavy atom. The van der Waals surface area contributed by atoms with Gasteiger partial charge in [-0.25, -0.2) is 4.98 Å². The number of hydrogen-bond donors (Lipinski definition) is 3. The topological polar surface area (TPSA) is 99.8 Å². The van der Waals surface area contributed by atoms with Gasteiger partial charge in [0, 0.05) is 12.7 Å². The number of carbonyl (C=O) groups is 2. The summed E-state index contributed by atoms with van der Waals surface area (Å²) in [6, 6.07) is 15.0. The van der Waals surface area contributed by atoms with Crippen molar-refractivity contribution in [2.75, 3.05) is 0 Å². The molecule has 1 aromatic carbocycles. The van der Waals surface area contributed by atoms with Gasteiger partial charge >= 0.3 is 0 Å². The summed E-state index contributed by atoms with van der Waals surface area (Å²) in [7, 11) is 0. The van der Waals surface area contributed by atoms with Crippen LogP contribution in [0.5, 0.6) is 0 Å². The van der Waals surface area contributed by atoms with E-state index in [9.17, 15) is 9.59 Å². The van der Waals surface area contributed by atoms with Crippen molar-refractivity contribution in [1.82, 2.24) is 25.6 Å². The quantitative estimate of drug-likeness (QED) is 0.638. The molecule has 0 aliphatic heterocycles. The van der Waals surface area contributed by atoms with Gasteiger partial charge in [-0.1, -0.05) is 36.4 Å². The number of pyridine rings is 1. The van der Waals surface area contributed by atoms with Crippen LogP contribution in [0.3, 0.4) is 0 Å². The molecule has 7 nitrogen and oxygen atoms in total. The van der Waals surface area contributed by atoms with E-state index in [1.54, 1.807) is 18.3 Å². The number of aromatic nitrogens is 3. The monoisotopic (exact) mass is 335 g/mol. The highest BCUT2D eigenvalue weighted by atomic mass is 16.2. The Balaban J connectivity index is 1.61. The molecular weight excluding hydrogens is 318 g/mol. The smallest absolute Gasteiger partial charge is 0.272 e. The van der Waals surface area contributed by atoms with Crippen molar-refractivity contribution in [3.8, 4) is 0 Å². The van der Waals surface area contributed by atoms with E-state index >= 15 is 0 Å². The van der Waals surface area contributed by atoms with Gasteiger partial charge in [-0.3, -0.25) is 14.6 Å². The fourth-order valence-corrected chi connectivity index (χ4v) is 2.26. The molecule has 126 valence electrons. The first kappa shape index (κ1) is 16.4. The highest BCUT2D eigenvalue weighted by molar-refractivity contribution is 6.04. The highest BCUT2D eigenvalue weighted by Gasteiger charge is 2.20. The van der Waals surface area contributed by atoms with E-state index in [1.165, 1.54) is 6.33 Å². The maximum Gasteiger partial charge on any atom is 0.272 e. The van der Waals surface area contributed by atoms with Crippen LogP contribution in [-0.2, 0) is 13.1 Å². The maximum atomic E-state index is 12.3. The first-order chi connectivity index (χ1) is 12.2. The predicted octanol–water partition coefficient (Wildman–Crippen LogP) is 1.66. The van der Waals surface area contributed by atoms with Gasteiger partial charge in [0.1, 0.15) is 5.69 Å². The first-order valence-corrected chi connectivity index (χ1v) is 7.77. The molecule has 3 N–H and O–H groups in total. The molecule has 0 radical (unpaired) electrons. The standard InChI is InChI=1S/C18H17N5O2/c24-17(20-10-13-6-2-1-3-7-13)15-16(23-12-22-15)18(25)21-11-14-8-4-5-9-19-14/h1-9,12H,10-11H2,(H,20,24)(H,21,25)(H,22,23). The number of nitrogens with zero attached hydrogens (tertiary/aromatic N) is 2. The second-order valence-electron chi connectivity index (χ2n) is 5.30. The molecule has 25 heavy (non-hydrogen) atoms. The molecule has 0 saturated carbocycles. The molecule has 2 aromatic heterocycles. The molecule has 0 aliphatic rings. The van der Waals surface area contributed by atoms with E-state index in [0.29, 0.717) is 6.54 Å². The van der Waals surface area contributed by atoms with Crippen LogP contribution in [0.2, 0.25) is 0 Å². The van der Waals surface area contributed by atoms with E-state index in [1.807, 2.05) is 36.4 Å². The summed E-state index contributed by atoms with van der Waals surface area (Å²) in [5.41, 5.74) is 1.88. The summed E-state index contributed by atoms with van der Waals surface area (Å²) in [5.74, 6) is -0.818. The number of amides is 2. The van der Waals surface area contributed by atoms with Crippen LogP contribution in [0.15, 0.2) is 61.1 Å². The van der Waals surface area contributed by atoms with Crippen LogP contribution in [0, 0.1) is 0 Å². The zero-order chi connectivity index (χ0) is 17.5. The minimum absolute atomic E-state index is 0.0569. The van der Waals surface area contributed by atoms with Crippen molar-refractivity contribution in [3.05, 3.63) is 83.7 Å². The number of nitrogens with one attached hydrogen (secondary N) is 3. The third kappa shape index (κ3) is 4.29. The summed E-state index contributed by atoms with van der Waals surface area (Å²) in [6.07, 6.45) is 2.98. The van der Waals surface area contributed by atoms with E-state index < -0.39 is 5.91 Å². The van der Waals surface area contributed by atoms with Crippen molar-refractivity contribution in [3.63, 3.8) is 0 Å². The maximum absolute atomic E-state index is 12.3. The van der Waals surface area contributed by atoms with Crippen molar-refractivity contribution < 1.29 is 9.59 Å². The number of H-pyrrole nitrogens is 1. The van der Waals surface area contributed by atoms with E-state index in [0.717, 1.165) is 11.3 Å². The lowest BCUT2D eigenvalue weighted by Crippen LogP contribution is -2.29. The van der Waals surface area contributed by atoms with Crippen LogP contribution in [-0.4, -0.2) is 26.8 Å². The largest absolute Gasteiger partial charge is 0.347 e. The Morgan fingerprint density at radius 1 is 0.880 bits per heavy atom. The zero-order valence-electron chi connectivity index (χ0n) is 13.4. The van der Waals surface area contributed by atoms with Gasteiger partial charge in [-0.2, -0.15) is 0 Å². The number of hydrogen-bond acceptors (Lipinski definition) is 4. The Bertz CT molecular complexity index is 776. The summed E-state index contributed by atoms with van der Waals surface area (Å²) < 4.78 is 0. The van der Waals surface area contributed by atoms with Gasteiger partial charge in [0.2, 0.25) is 0 Å². The number of benzene rings is 1. The SMILES string of the molecule is O=C(NCc1ccccn1)c1nc[nH]c1C(=O)NCc1ccccc1. The Hall–Kier alpha value is -3.48. The molecule has 2 heterocycles. The molecule has 0 bridgehead atoms. The van der Waals surface area contributed by atoms with Gasteiger partial charge in [0.05, 0.1) is 18.6 Å². The fourth-order valence-electron chi connectivity index (χ4n) is 2.26. The lowest BCUT2D eigenvalue weighted by atomic mass is 10.2. The van der Waals surface area contributed by atoms with Crippen LogP contribution in [0.25, 0.3) is 0 Å². The molecule has 3 rings (SSSR count).